The second kappa shape index (κ2) is 13.0. The van der Waals surface area contributed by atoms with Gasteiger partial charge < -0.3 is 20.1 Å². The van der Waals surface area contributed by atoms with E-state index in [1.54, 1.807) is 0 Å². The summed E-state index contributed by atoms with van der Waals surface area (Å²) in [5.41, 5.74) is 0.302. The lowest BCUT2D eigenvalue weighted by atomic mass is 9.95. The molecule has 2 N–H and O–H groups in total. The Hall–Kier alpha value is -0.500. The Labute approximate surface area is 181 Å². The zero-order chi connectivity index (χ0) is 20.2. The molecule has 6 nitrogen and oxygen atoms in total. The van der Waals surface area contributed by atoms with Gasteiger partial charge in [0.1, 0.15) is 0 Å². The smallest absolute Gasteiger partial charge is 0.191 e. The van der Waals surface area contributed by atoms with Gasteiger partial charge in [-0.05, 0) is 44.9 Å². The van der Waals surface area contributed by atoms with E-state index in [2.05, 4.69) is 34.2 Å². The molecule has 3 rings (SSSR count). The summed E-state index contributed by atoms with van der Waals surface area (Å²) in [6.45, 7) is 10.8. The first-order valence-electron chi connectivity index (χ1n) is 11.8. The summed E-state index contributed by atoms with van der Waals surface area (Å²) >= 11 is 2.09. The van der Waals surface area contributed by atoms with Gasteiger partial charge >= 0.3 is 0 Å². The van der Waals surface area contributed by atoms with Crippen molar-refractivity contribution in [2.24, 2.45) is 10.9 Å². The first kappa shape index (κ1) is 23.2. The summed E-state index contributed by atoms with van der Waals surface area (Å²) in [4.78, 5) is 7.77. The van der Waals surface area contributed by atoms with Gasteiger partial charge in [0.05, 0.1) is 6.54 Å². The van der Waals surface area contributed by atoms with Crippen molar-refractivity contribution in [3.63, 3.8) is 0 Å². The summed E-state index contributed by atoms with van der Waals surface area (Å²) in [6, 6.07) is 0. The molecule has 1 aliphatic carbocycles. The maximum atomic E-state index is 5.89. The van der Waals surface area contributed by atoms with Gasteiger partial charge in [-0.15, -0.1) is 0 Å². The van der Waals surface area contributed by atoms with Crippen LogP contribution in [-0.4, -0.2) is 87.1 Å². The number of guanidine groups is 1. The lowest BCUT2D eigenvalue weighted by Gasteiger charge is -2.42. The molecule has 0 amide bonds. The lowest BCUT2D eigenvalue weighted by molar-refractivity contribution is 0.0203. The van der Waals surface area contributed by atoms with Crippen LogP contribution in [0.4, 0.5) is 0 Å². The van der Waals surface area contributed by atoms with E-state index in [1.807, 2.05) is 0 Å². The summed E-state index contributed by atoms with van der Waals surface area (Å²) in [7, 11) is 0. The molecule has 0 unspecified atom stereocenters. The fourth-order valence-electron chi connectivity index (χ4n) is 4.76. The summed E-state index contributed by atoms with van der Waals surface area (Å²) in [6.07, 6.45) is 8.63. The van der Waals surface area contributed by atoms with E-state index in [1.165, 1.54) is 50.3 Å². The normalized spacial score (nSPS) is 24.0. The van der Waals surface area contributed by atoms with Crippen LogP contribution in [-0.2, 0) is 9.47 Å². The van der Waals surface area contributed by atoms with Crippen molar-refractivity contribution in [1.82, 2.24) is 15.5 Å². The fraction of sp³-hybridized carbons (Fsp3) is 0.955. The fourth-order valence-corrected chi connectivity index (χ4v) is 5.66. The van der Waals surface area contributed by atoms with Crippen LogP contribution in [0.1, 0.15) is 51.9 Å². The van der Waals surface area contributed by atoms with Crippen LogP contribution in [0.25, 0.3) is 0 Å². The lowest BCUT2D eigenvalue weighted by Crippen LogP contribution is -2.53. The van der Waals surface area contributed by atoms with Crippen molar-refractivity contribution in [3.05, 3.63) is 0 Å². The molecule has 7 heteroatoms. The van der Waals surface area contributed by atoms with Crippen LogP contribution in [0.5, 0.6) is 0 Å². The second-order valence-corrected chi connectivity index (χ2v) is 9.86. The van der Waals surface area contributed by atoms with Gasteiger partial charge in [0.2, 0.25) is 0 Å². The first-order valence-corrected chi connectivity index (χ1v) is 13.0. The molecule has 0 atom stereocenters. The number of thioether (sulfide) groups is 1. The monoisotopic (exact) mass is 426 g/mol. The molecular weight excluding hydrogens is 384 g/mol. The van der Waals surface area contributed by atoms with Crippen molar-refractivity contribution in [1.29, 1.82) is 0 Å². The quantitative estimate of drug-likeness (QED) is 0.318. The number of hydrogen-bond acceptors (Lipinski definition) is 5. The van der Waals surface area contributed by atoms with Gasteiger partial charge in [-0.3, -0.25) is 9.89 Å². The third-order valence-corrected chi connectivity index (χ3v) is 7.49. The minimum Gasteiger partial charge on any atom is -0.381 e. The molecule has 29 heavy (non-hydrogen) atoms. The Balaban J connectivity index is 1.39. The molecule has 0 bridgehead atoms. The van der Waals surface area contributed by atoms with Crippen molar-refractivity contribution in [2.75, 3.05) is 70.7 Å². The van der Waals surface area contributed by atoms with Crippen LogP contribution in [0.15, 0.2) is 4.99 Å². The molecule has 0 aromatic carbocycles. The summed E-state index contributed by atoms with van der Waals surface area (Å²) in [5.74, 6) is 4.20. The Morgan fingerprint density at radius 1 is 1.17 bits per heavy atom. The third-order valence-electron chi connectivity index (χ3n) is 6.54. The standard InChI is InChI=1S/C22H42N4O2S/c1-2-23-21(24-10-5-13-28-18-20-6-14-27-15-7-20)25-19-22(8-3-4-9-22)26-11-16-29-17-12-26/h20H,2-19H2,1H3,(H2,23,24,25). The van der Waals surface area contributed by atoms with Crippen LogP contribution in [0, 0.1) is 5.92 Å². The number of aliphatic imine (C=N–C) groups is 1. The van der Waals surface area contributed by atoms with E-state index in [0.717, 1.165) is 71.3 Å². The minimum absolute atomic E-state index is 0.302. The van der Waals surface area contributed by atoms with Gasteiger partial charge in [-0.1, -0.05) is 12.8 Å². The number of hydrogen-bond donors (Lipinski definition) is 2. The van der Waals surface area contributed by atoms with Crippen molar-refractivity contribution in [3.8, 4) is 0 Å². The Morgan fingerprint density at radius 2 is 1.93 bits per heavy atom. The average molecular weight is 427 g/mol. The molecule has 3 fully saturated rings. The van der Waals surface area contributed by atoms with E-state index < -0.39 is 0 Å². The molecule has 2 aliphatic heterocycles. The molecule has 2 saturated heterocycles. The number of ether oxygens (including phenoxy) is 2. The first-order chi connectivity index (χ1) is 14.3. The number of nitrogens with zero attached hydrogens (tertiary/aromatic N) is 2. The Morgan fingerprint density at radius 3 is 2.66 bits per heavy atom. The van der Waals surface area contributed by atoms with Gasteiger partial charge in [0, 0.05) is 69.7 Å². The van der Waals surface area contributed by atoms with Gasteiger partial charge in [0.25, 0.3) is 0 Å². The van der Waals surface area contributed by atoms with Crippen LogP contribution in [0.3, 0.4) is 0 Å². The molecule has 0 aromatic heterocycles. The van der Waals surface area contributed by atoms with E-state index in [4.69, 9.17) is 14.5 Å². The largest absolute Gasteiger partial charge is 0.381 e. The zero-order valence-corrected chi connectivity index (χ0v) is 19.2. The highest BCUT2D eigenvalue weighted by molar-refractivity contribution is 7.99. The predicted octanol–water partition coefficient (Wildman–Crippen LogP) is 2.74. The van der Waals surface area contributed by atoms with Gasteiger partial charge in [-0.2, -0.15) is 11.8 Å². The minimum atomic E-state index is 0.302. The Bertz CT molecular complexity index is 473. The molecule has 168 valence electrons. The topological polar surface area (TPSA) is 58.1 Å². The molecule has 3 aliphatic rings. The third kappa shape index (κ3) is 7.60. The average Bonchev–Trinajstić information content (AvgIpc) is 3.26. The van der Waals surface area contributed by atoms with E-state index in [9.17, 15) is 0 Å². The zero-order valence-electron chi connectivity index (χ0n) is 18.4. The van der Waals surface area contributed by atoms with E-state index in [0.29, 0.717) is 11.5 Å². The highest BCUT2D eigenvalue weighted by Crippen LogP contribution is 2.37. The molecule has 0 spiro atoms. The molecular formula is C22H42N4O2S. The molecule has 0 aromatic rings. The summed E-state index contributed by atoms with van der Waals surface area (Å²) in [5, 5.41) is 6.95. The van der Waals surface area contributed by atoms with Crippen LogP contribution >= 0.6 is 11.8 Å². The van der Waals surface area contributed by atoms with Crippen molar-refractivity contribution in [2.45, 2.75) is 57.4 Å². The SMILES string of the molecule is CCNC(=NCC1(N2CCSCC2)CCCC1)NCCCOCC1CCOCC1. The van der Waals surface area contributed by atoms with Crippen LogP contribution < -0.4 is 10.6 Å². The van der Waals surface area contributed by atoms with E-state index in [-0.39, 0.29) is 0 Å². The van der Waals surface area contributed by atoms with E-state index >= 15 is 0 Å². The van der Waals surface area contributed by atoms with Crippen LogP contribution in [0.2, 0.25) is 0 Å². The molecule has 2 heterocycles. The van der Waals surface area contributed by atoms with Crippen molar-refractivity contribution < 1.29 is 9.47 Å². The summed E-state index contributed by atoms with van der Waals surface area (Å²) < 4.78 is 11.3. The maximum absolute atomic E-state index is 5.89. The highest BCUT2D eigenvalue weighted by Gasteiger charge is 2.39. The number of nitrogens with one attached hydrogen (secondary N) is 2. The predicted molar refractivity (Wildman–Crippen MR) is 123 cm³/mol. The van der Waals surface area contributed by atoms with Gasteiger partial charge in [0.15, 0.2) is 5.96 Å². The Kier molecular flexibility index (Phi) is 10.4. The molecule has 0 radical (unpaired) electrons. The van der Waals surface area contributed by atoms with Gasteiger partial charge in [-0.25, -0.2) is 0 Å². The maximum Gasteiger partial charge on any atom is 0.191 e. The second-order valence-electron chi connectivity index (χ2n) is 8.64. The number of rotatable bonds is 10. The highest BCUT2D eigenvalue weighted by atomic mass is 32.2. The molecule has 1 saturated carbocycles. The van der Waals surface area contributed by atoms with Crippen molar-refractivity contribution >= 4 is 17.7 Å².